The van der Waals surface area contributed by atoms with Gasteiger partial charge in [0.1, 0.15) is 0 Å². The molecule has 102 valence electrons. The summed E-state index contributed by atoms with van der Waals surface area (Å²) in [6.45, 7) is 5.70. The van der Waals surface area contributed by atoms with E-state index in [1.54, 1.807) is 0 Å². The zero-order valence-electron chi connectivity index (χ0n) is 11.8. The van der Waals surface area contributed by atoms with E-state index in [2.05, 4.69) is 51.7 Å². The molecule has 3 rings (SSSR count). The molecule has 0 aliphatic heterocycles. The molecule has 4 heteroatoms. The Morgan fingerprint density at radius 2 is 1.95 bits per heavy atom. The standard InChI is InChI=1S/C16H18N4/c1-11-15(12(2)20-19-11)10-17-9-14-6-3-5-13-7-4-8-18-16(13)14/h3-8,17H,9-10H2,1-2H3,(H,19,20). The SMILES string of the molecule is Cc1n[nH]c(C)c1CNCc1cccc2cccnc12. The third kappa shape index (κ3) is 2.42. The van der Waals surface area contributed by atoms with E-state index in [4.69, 9.17) is 0 Å². The molecule has 0 radical (unpaired) electrons. The van der Waals surface area contributed by atoms with Crippen LogP contribution in [-0.2, 0) is 13.1 Å². The van der Waals surface area contributed by atoms with Crippen LogP contribution < -0.4 is 5.32 Å². The molecular weight excluding hydrogens is 248 g/mol. The number of hydrogen-bond acceptors (Lipinski definition) is 3. The number of nitrogens with zero attached hydrogens (tertiary/aromatic N) is 2. The number of aryl methyl sites for hydroxylation is 2. The highest BCUT2D eigenvalue weighted by molar-refractivity contribution is 5.81. The van der Waals surface area contributed by atoms with Gasteiger partial charge in [0.15, 0.2) is 0 Å². The number of rotatable bonds is 4. The first-order valence-electron chi connectivity index (χ1n) is 6.79. The Bertz CT molecular complexity index is 705. The van der Waals surface area contributed by atoms with Gasteiger partial charge >= 0.3 is 0 Å². The molecule has 0 aliphatic carbocycles. The number of nitrogens with one attached hydrogen (secondary N) is 2. The summed E-state index contributed by atoms with van der Waals surface area (Å²) in [5.74, 6) is 0. The predicted molar refractivity (Wildman–Crippen MR) is 80.3 cm³/mol. The Hall–Kier alpha value is -2.20. The quantitative estimate of drug-likeness (QED) is 0.763. The largest absolute Gasteiger partial charge is 0.308 e. The second-order valence-electron chi connectivity index (χ2n) is 5.01. The minimum Gasteiger partial charge on any atom is -0.308 e. The first-order valence-corrected chi connectivity index (χ1v) is 6.79. The molecule has 0 spiro atoms. The Morgan fingerprint density at radius 1 is 1.10 bits per heavy atom. The number of para-hydroxylation sites is 1. The molecule has 0 bridgehead atoms. The monoisotopic (exact) mass is 266 g/mol. The van der Waals surface area contributed by atoms with E-state index < -0.39 is 0 Å². The van der Waals surface area contributed by atoms with Gasteiger partial charge in [0.05, 0.1) is 11.2 Å². The number of aromatic amines is 1. The summed E-state index contributed by atoms with van der Waals surface area (Å²) in [5, 5.41) is 11.9. The molecule has 3 aromatic rings. The normalized spacial score (nSPS) is 11.1. The molecule has 1 aromatic carbocycles. The number of pyridine rings is 1. The molecule has 0 unspecified atom stereocenters. The van der Waals surface area contributed by atoms with E-state index >= 15 is 0 Å². The van der Waals surface area contributed by atoms with Crippen molar-refractivity contribution in [2.24, 2.45) is 0 Å². The van der Waals surface area contributed by atoms with Crippen molar-refractivity contribution in [2.45, 2.75) is 26.9 Å². The number of hydrogen-bond donors (Lipinski definition) is 2. The lowest BCUT2D eigenvalue weighted by molar-refractivity contribution is 0.690. The first kappa shape index (κ1) is 12.8. The van der Waals surface area contributed by atoms with E-state index in [9.17, 15) is 0 Å². The minimum atomic E-state index is 0.804. The second-order valence-corrected chi connectivity index (χ2v) is 5.01. The fourth-order valence-corrected chi connectivity index (χ4v) is 2.47. The van der Waals surface area contributed by atoms with Gasteiger partial charge in [-0.05, 0) is 25.5 Å². The van der Waals surface area contributed by atoms with Gasteiger partial charge in [-0.1, -0.05) is 24.3 Å². The van der Waals surface area contributed by atoms with Crippen LogP contribution in [0, 0.1) is 13.8 Å². The molecule has 0 amide bonds. The lowest BCUT2D eigenvalue weighted by atomic mass is 10.1. The minimum absolute atomic E-state index is 0.804. The van der Waals surface area contributed by atoms with Gasteiger partial charge < -0.3 is 5.32 Å². The van der Waals surface area contributed by atoms with Crippen molar-refractivity contribution >= 4 is 10.9 Å². The molecule has 0 saturated heterocycles. The van der Waals surface area contributed by atoms with Gasteiger partial charge in [-0.15, -0.1) is 0 Å². The first-order chi connectivity index (χ1) is 9.75. The third-order valence-corrected chi connectivity index (χ3v) is 3.61. The average Bonchev–Trinajstić information content (AvgIpc) is 2.79. The molecule has 0 saturated carbocycles. The highest BCUT2D eigenvalue weighted by Gasteiger charge is 2.06. The van der Waals surface area contributed by atoms with E-state index in [0.717, 1.165) is 30.0 Å². The molecule has 2 aromatic heterocycles. The molecule has 0 fully saturated rings. The lowest BCUT2D eigenvalue weighted by Gasteiger charge is -2.08. The highest BCUT2D eigenvalue weighted by atomic mass is 15.1. The maximum atomic E-state index is 4.47. The highest BCUT2D eigenvalue weighted by Crippen LogP contribution is 2.16. The van der Waals surface area contributed by atoms with Gasteiger partial charge in [-0.25, -0.2) is 0 Å². The Balaban J connectivity index is 1.75. The molecule has 2 heterocycles. The lowest BCUT2D eigenvalue weighted by Crippen LogP contribution is -2.14. The number of benzene rings is 1. The van der Waals surface area contributed by atoms with Crippen LogP contribution in [0.3, 0.4) is 0 Å². The van der Waals surface area contributed by atoms with Crippen LogP contribution in [0.5, 0.6) is 0 Å². The summed E-state index contributed by atoms with van der Waals surface area (Å²) < 4.78 is 0. The summed E-state index contributed by atoms with van der Waals surface area (Å²) >= 11 is 0. The van der Waals surface area contributed by atoms with Gasteiger partial charge in [0.25, 0.3) is 0 Å². The average molecular weight is 266 g/mol. The van der Waals surface area contributed by atoms with Crippen LogP contribution in [0.4, 0.5) is 0 Å². The molecule has 0 atom stereocenters. The summed E-state index contributed by atoms with van der Waals surface area (Å²) in [7, 11) is 0. The summed E-state index contributed by atoms with van der Waals surface area (Å²) in [6.07, 6.45) is 1.84. The van der Waals surface area contributed by atoms with Crippen molar-refractivity contribution in [1.29, 1.82) is 0 Å². The van der Waals surface area contributed by atoms with E-state index in [0.29, 0.717) is 0 Å². The maximum Gasteiger partial charge on any atom is 0.0746 e. The Kier molecular flexibility index (Phi) is 3.48. The van der Waals surface area contributed by atoms with Crippen molar-refractivity contribution in [1.82, 2.24) is 20.5 Å². The predicted octanol–water partition coefficient (Wildman–Crippen LogP) is 2.86. The fraction of sp³-hybridized carbons (Fsp3) is 0.250. The number of fused-ring (bicyclic) bond motifs is 1. The topological polar surface area (TPSA) is 53.6 Å². The van der Waals surface area contributed by atoms with Crippen LogP contribution in [0.2, 0.25) is 0 Å². The fourth-order valence-electron chi connectivity index (χ4n) is 2.47. The van der Waals surface area contributed by atoms with Crippen molar-refractivity contribution in [3.05, 3.63) is 59.0 Å². The van der Waals surface area contributed by atoms with Gasteiger partial charge in [0.2, 0.25) is 0 Å². The van der Waals surface area contributed by atoms with E-state index in [1.807, 2.05) is 19.2 Å². The molecule has 0 aliphatic rings. The summed E-state index contributed by atoms with van der Waals surface area (Å²) in [5.41, 5.74) is 5.74. The zero-order valence-corrected chi connectivity index (χ0v) is 11.8. The van der Waals surface area contributed by atoms with E-state index in [-0.39, 0.29) is 0 Å². The maximum absolute atomic E-state index is 4.47. The molecule has 2 N–H and O–H groups in total. The smallest absolute Gasteiger partial charge is 0.0746 e. The Labute approximate surface area is 118 Å². The van der Waals surface area contributed by atoms with Crippen molar-refractivity contribution in [2.75, 3.05) is 0 Å². The van der Waals surface area contributed by atoms with Gasteiger partial charge in [-0.3, -0.25) is 10.1 Å². The van der Waals surface area contributed by atoms with Gasteiger partial charge in [0, 0.05) is 35.9 Å². The van der Waals surface area contributed by atoms with Crippen molar-refractivity contribution < 1.29 is 0 Å². The number of H-pyrrole nitrogens is 1. The number of aromatic nitrogens is 3. The van der Waals surface area contributed by atoms with Gasteiger partial charge in [-0.2, -0.15) is 5.10 Å². The van der Waals surface area contributed by atoms with Crippen LogP contribution >= 0.6 is 0 Å². The second kappa shape index (κ2) is 5.43. The van der Waals surface area contributed by atoms with Crippen LogP contribution in [0.25, 0.3) is 10.9 Å². The molecule has 20 heavy (non-hydrogen) atoms. The Morgan fingerprint density at radius 3 is 2.75 bits per heavy atom. The summed E-state index contributed by atoms with van der Waals surface area (Å²) in [4.78, 5) is 4.47. The van der Waals surface area contributed by atoms with Crippen LogP contribution in [0.15, 0.2) is 36.5 Å². The molecular formula is C16H18N4. The van der Waals surface area contributed by atoms with E-state index in [1.165, 1.54) is 16.5 Å². The summed E-state index contributed by atoms with van der Waals surface area (Å²) in [6, 6.07) is 10.4. The zero-order chi connectivity index (χ0) is 13.9. The van der Waals surface area contributed by atoms with Crippen molar-refractivity contribution in [3.8, 4) is 0 Å². The third-order valence-electron chi connectivity index (χ3n) is 3.61. The van der Waals surface area contributed by atoms with Crippen LogP contribution in [0.1, 0.15) is 22.5 Å². The van der Waals surface area contributed by atoms with Crippen LogP contribution in [-0.4, -0.2) is 15.2 Å². The molecule has 4 nitrogen and oxygen atoms in total. The van der Waals surface area contributed by atoms with Crippen molar-refractivity contribution in [3.63, 3.8) is 0 Å².